The molecule has 3 rings (SSSR count). The summed E-state index contributed by atoms with van der Waals surface area (Å²) < 4.78 is 15.8. The van der Waals surface area contributed by atoms with Crippen LogP contribution < -0.4 is 0 Å². The minimum atomic E-state index is -0.207. The molecule has 0 bridgehead atoms. The highest BCUT2D eigenvalue weighted by Gasteiger charge is 2.15. The number of aromatic nitrogens is 2. The van der Waals surface area contributed by atoms with Gasteiger partial charge < -0.3 is 4.57 Å². The van der Waals surface area contributed by atoms with Gasteiger partial charge in [-0.05, 0) is 18.6 Å². The molecule has 0 amide bonds. The third-order valence-corrected chi connectivity index (χ3v) is 5.15. The summed E-state index contributed by atoms with van der Waals surface area (Å²) in [5.41, 5.74) is 2.33. The van der Waals surface area contributed by atoms with Crippen LogP contribution in [0.25, 0.3) is 11.0 Å². The van der Waals surface area contributed by atoms with E-state index in [4.69, 9.17) is 11.6 Å². The van der Waals surface area contributed by atoms with E-state index >= 15 is 0 Å². The Labute approximate surface area is 133 Å². The van der Waals surface area contributed by atoms with Gasteiger partial charge in [-0.15, -0.1) is 11.6 Å². The molecular weight excluding hydrogens is 309 g/mol. The van der Waals surface area contributed by atoms with Gasteiger partial charge in [0.15, 0.2) is 0 Å². The summed E-state index contributed by atoms with van der Waals surface area (Å²) in [4.78, 5) is 6.93. The molecule has 0 N–H and O–H groups in total. The van der Waals surface area contributed by atoms with Crippen LogP contribution in [0.2, 0.25) is 0 Å². The van der Waals surface area contributed by atoms with Crippen molar-refractivity contribution in [2.45, 2.75) is 19.3 Å². The largest absolute Gasteiger partial charge is 0.326 e. The van der Waals surface area contributed by atoms with Gasteiger partial charge in [0.25, 0.3) is 0 Å². The van der Waals surface area contributed by atoms with Crippen molar-refractivity contribution < 1.29 is 4.39 Å². The second-order valence-corrected chi connectivity index (χ2v) is 6.85. The SMILES string of the molecule is Cc1cc2c(cc1F)nc(CCl)n2CCN1CCSCC1. The van der Waals surface area contributed by atoms with Crippen molar-refractivity contribution in [1.29, 1.82) is 0 Å². The molecule has 6 heteroatoms. The number of nitrogens with zero attached hydrogens (tertiary/aromatic N) is 3. The van der Waals surface area contributed by atoms with E-state index in [9.17, 15) is 4.39 Å². The molecule has 0 atom stereocenters. The standard InChI is InChI=1S/C15H19ClFN3S/c1-11-8-14-13(9-12(11)17)18-15(10-16)20(14)3-2-19-4-6-21-7-5-19/h8-9H,2-7,10H2,1H3. The molecule has 1 aromatic carbocycles. The molecule has 114 valence electrons. The summed E-state index contributed by atoms with van der Waals surface area (Å²) in [6.07, 6.45) is 0. The average Bonchev–Trinajstić information content (AvgIpc) is 2.83. The summed E-state index contributed by atoms with van der Waals surface area (Å²) in [7, 11) is 0. The summed E-state index contributed by atoms with van der Waals surface area (Å²) in [6, 6.07) is 3.38. The monoisotopic (exact) mass is 327 g/mol. The number of fused-ring (bicyclic) bond motifs is 1. The van der Waals surface area contributed by atoms with E-state index in [1.54, 1.807) is 6.92 Å². The van der Waals surface area contributed by atoms with Crippen molar-refractivity contribution in [2.24, 2.45) is 0 Å². The van der Waals surface area contributed by atoms with Crippen LogP contribution in [0.5, 0.6) is 0 Å². The van der Waals surface area contributed by atoms with Gasteiger partial charge in [0.05, 0.1) is 16.9 Å². The fourth-order valence-corrected chi connectivity index (χ4v) is 3.90. The average molecular weight is 328 g/mol. The molecule has 0 aliphatic carbocycles. The number of imidazole rings is 1. The summed E-state index contributed by atoms with van der Waals surface area (Å²) in [6.45, 7) is 5.91. The number of hydrogen-bond donors (Lipinski definition) is 0. The Morgan fingerprint density at radius 1 is 1.29 bits per heavy atom. The molecule has 2 aromatic rings. The third kappa shape index (κ3) is 3.20. The Morgan fingerprint density at radius 3 is 2.76 bits per heavy atom. The fourth-order valence-electron chi connectivity index (χ4n) is 2.72. The topological polar surface area (TPSA) is 21.1 Å². The van der Waals surface area contributed by atoms with E-state index in [1.165, 1.54) is 17.6 Å². The summed E-state index contributed by atoms with van der Waals surface area (Å²) >= 11 is 8.02. The van der Waals surface area contributed by atoms with Crippen LogP contribution in [0.1, 0.15) is 11.4 Å². The van der Waals surface area contributed by atoms with Gasteiger partial charge in [0, 0.05) is 43.8 Å². The van der Waals surface area contributed by atoms with E-state index in [2.05, 4.69) is 14.5 Å². The van der Waals surface area contributed by atoms with E-state index < -0.39 is 0 Å². The third-order valence-electron chi connectivity index (χ3n) is 3.97. The van der Waals surface area contributed by atoms with Crippen LogP contribution in [0.4, 0.5) is 4.39 Å². The van der Waals surface area contributed by atoms with Crippen LogP contribution >= 0.6 is 23.4 Å². The van der Waals surface area contributed by atoms with Crippen molar-refractivity contribution in [1.82, 2.24) is 14.5 Å². The number of benzene rings is 1. The van der Waals surface area contributed by atoms with Crippen LogP contribution in [-0.4, -0.2) is 45.6 Å². The number of halogens is 2. The molecule has 3 nitrogen and oxygen atoms in total. The smallest absolute Gasteiger partial charge is 0.128 e. The molecule has 0 unspecified atom stereocenters. The molecule has 2 heterocycles. The maximum Gasteiger partial charge on any atom is 0.128 e. The quantitative estimate of drug-likeness (QED) is 0.804. The summed E-state index contributed by atoms with van der Waals surface area (Å²) in [5, 5.41) is 0. The maximum absolute atomic E-state index is 13.7. The summed E-state index contributed by atoms with van der Waals surface area (Å²) in [5.74, 6) is 3.38. The zero-order chi connectivity index (χ0) is 14.8. The second-order valence-electron chi connectivity index (χ2n) is 5.36. The van der Waals surface area contributed by atoms with Crippen LogP contribution in [-0.2, 0) is 12.4 Å². The molecule has 1 saturated heterocycles. The molecule has 21 heavy (non-hydrogen) atoms. The van der Waals surface area contributed by atoms with Gasteiger partial charge >= 0.3 is 0 Å². The van der Waals surface area contributed by atoms with Gasteiger partial charge in [0.1, 0.15) is 11.6 Å². The lowest BCUT2D eigenvalue weighted by Gasteiger charge is -2.26. The Morgan fingerprint density at radius 2 is 2.05 bits per heavy atom. The predicted octanol–water partition coefficient (Wildman–Crippen LogP) is 3.27. The number of rotatable bonds is 4. The van der Waals surface area contributed by atoms with Crippen LogP contribution in [0.15, 0.2) is 12.1 Å². The van der Waals surface area contributed by atoms with Crippen molar-refractivity contribution in [2.75, 3.05) is 31.1 Å². The van der Waals surface area contributed by atoms with Crippen molar-refractivity contribution in [3.63, 3.8) is 0 Å². The molecular formula is C15H19ClFN3S. The van der Waals surface area contributed by atoms with E-state index in [0.29, 0.717) is 17.0 Å². The Kier molecular flexibility index (Phi) is 4.72. The predicted molar refractivity (Wildman–Crippen MR) is 87.8 cm³/mol. The van der Waals surface area contributed by atoms with Crippen molar-refractivity contribution in [3.8, 4) is 0 Å². The van der Waals surface area contributed by atoms with Crippen LogP contribution in [0, 0.1) is 12.7 Å². The number of aryl methyl sites for hydroxylation is 1. The first kappa shape index (κ1) is 15.1. The van der Waals surface area contributed by atoms with Gasteiger partial charge in [-0.1, -0.05) is 0 Å². The number of hydrogen-bond acceptors (Lipinski definition) is 3. The first-order valence-corrected chi connectivity index (χ1v) is 8.89. The van der Waals surface area contributed by atoms with E-state index in [0.717, 1.165) is 37.5 Å². The van der Waals surface area contributed by atoms with E-state index in [-0.39, 0.29) is 5.82 Å². The van der Waals surface area contributed by atoms with E-state index in [1.807, 2.05) is 17.8 Å². The molecule has 1 aromatic heterocycles. The zero-order valence-corrected chi connectivity index (χ0v) is 13.7. The minimum Gasteiger partial charge on any atom is -0.326 e. The molecule has 0 radical (unpaired) electrons. The highest BCUT2D eigenvalue weighted by Crippen LogP contribution is 2.21. The lowest BCUT2D eigenvalue weighted by atomic mass is 10.2. The van der Waals surface area contributed by atoms with Gasteiger partial charge in [-0.2, -0.15) is 11.8 Å². The van der Waals surface area contributed by atoms with Gasteiger partial charge in [0.2, 0.25) is 0 Å². The lowest BCUT2D eigenvalue weighted by Crippen LogP contribution is -2.35. The van der Waals surface area contributed by atoms with Gasteiger partial charge in [-0.3, -0.25) is 4.90 Å². The zero-order valence-electron chi connectivity index (χ0n) is 12.1. The first-order chi connectivity index (χ1) is 10.2. The Bertz CT molecular complexity index is 637. The highest BCUT2D eigenvalue weighted by molar-refractivity contribution is 7.99. The lowest BCUT2D eigenvalue weighted by molar-refractivity contribution is 0.290. The minimum absolute atomic E-state index is 0.207. The molecule has 0 saturated carbocycles. The van der Waals surface area contributed by atoms with Crippen LogP contribution in [0.3, 0.4) is 0 Å². The number of thioether (sulfide) groups is 1. The molecule has 1 aliphatic rings. The first-order valence-electron chi connectivity index (χ1n) is 7.20. The molecule has 0 spiro atoms. The molecule has 1 aliphatic heterocycles. The Balaban J connectivity index is 1.86. The van der Waals surface area contributed by atoms with Crippen molar-refractivity contribution in [3.05, 3.63) is 29.3 Å². The second kappa shape index (κ2) is 6.55. The normalized spacial score (nSPS) is 16.7. The van der Waals surface area contributed by atoms with Gasteiger partial charge in [-0.25, -0.2) is 9.37 Å². The highest BCUT2D eigenvalue weighted by atomic mass is 35.5. The Hall–Kier alpha value is -0.780. The number of alkyl halides is 1. The fraction of sp³-hybridized carbons (Fsp3) is 0.533. The van der Waals surface area contributed by atoms with Crippen molar-refractivity contribution >= 4 is 34.4 Å². The maximum atomic E-state index is 13.7. The molecule has 1 fully saturated rings.